The Morgan fingerprint density at radius 1 is 1.33 bits per heavy atom. The highest BCUT2D eigenvalue weighted by Gasteiger charge is 2.25. The SMILES string of the molecule is O[C@@H]1CC[C@H](n2cnc3cncnc32)C1. The predicted octanol–water partition coefficient (Wildman–Crippen LogP) is 0.912. The number of rotatable bonds is 1. The highest BCUT2D eigenvalue weighted by molar-refractivity contribution is 5.69. The van der Waals surface area contributed by atoms with Gasteiger partial charge in [-0.3, -0.25) is 0 Å². The fraction of sp³-hybridized carbons (Fsp3) is 0.500. The van der Waals surface area contributed by atoms with E-state index < -0.39 is 0 Å². The van der Waals surface area contributed by atoms with Crippen LogP contribution in [0.15, 0.2) is 18.9 Å². The zero-order chi connectivity index (χ0) is 10.3. The molecule has 1 saturated carbocycles. The molecule has 2 atom stereocenters. The molecule has 2 heterocycles. The molecule has 0 bridgehead atoms. The van der Waals surface area contributed by atoms with Crippen molar-refractivity contribution < 1.29 is 5.11 Å². The van der Waals surface area contributed by atoms with Gasteiger partial charge >= 0.3 is 0 Å². The molecule has 5 nitrogen and oxygen atoms in total. The van der Waals surface area contributed by atoms with Gasteiger partial charge in [-0.25, -0.2) is 15.0 Å². The fourth-order valence-electron chi connectivity index (χ4n) is 2.24. The maximum absolute atomic E-state index is 9.50. The van der Waals surface area contributed by atoms with Crippen LogP contribution >= 0.6 is 0 Å². The highest BCUT2D eigenvalue weighted by Crippen LogP contribution is 2.31. The first kappa shape index (κ1) is 8.79. The number of aliphatic hydroxyl groups is 1. The van der Waals surface area contributed by atoms with Gasteiger partial charge in [0.25, 0.3) is 0 Å². The van der Waals surface area contributed by atoms with E-state index in [-0.39, 0.29) is 6.10 Å². The Bertz CT molecular complexity index is 481. The fourth-order valence-corrected chi connectivity index (χ4v) is 2.24. The Balaban J connectivity index is 2.04. The summed E-state index contributed by atoms with van der Waals surface area (Å²) in [7, 11) is 0. The lowest BCUT2D eigenvalue weighted by molar-refractivity contribution is 0.178. The summed E-state index contributed by atoms with van der Waals surface area (Å²) >= 11 is 0. The minimum Gasteiger partial charge on any atom is -0.393 e. The van der Waals surface area contributed by atoms with Crippen LogP contribution in [0.25, 0.3) is 11.2 Å². The number of fused-ring (bicyclic) bond motifs is 1. The number of aliphatic hydroxyl groups excluding tert-OH is 1. The molecule has 78 valence electrons. The van der Waals surface area contributed by atoms with Crippen LogP contribution < -0.4 is 0 Å². The zero-order valence-corrected chi connectivity index (χ0v) is 8.24. The summed E-state index contributed by atoms with van der Waals surface area (Å²) in [5.74, 6) is 0. The molecule has 0 aliphatic heterocycles. The van der Waals surface area contributed by atoms with Gasteiger partial charge in [0.15, 0.2) is 5.65 Å². The second-order valence-corrected chi connectivity index (χ2v) is 4.00. The Morgan fingerprint density at radius 3 is 3.07 bits per heavy atom. The van der Waals surface area contributed by atoms with Gasteiger partial charge in [-0.1, -0.05) is 0 Å². The van der Waals surface area contributed by atoms with Crippen LogP contribution in [0.3, 0.4) is 0 Å². The quantitative estimate of drug-likeness (QED) is 0.750. The van der Waals surface area contributed by atoms with E-state index in [0.717, 1.165) is 30.4 Å². The van der Waals surface area contributed by atoms with Gasteiger partial charge in [-0.15, -0.1) is 0 Å². The van der Waals surface area contributed by atoms with Crippen LogP contribution in [0.1, 0.15) is 25.3 Å². The molecule has 0 aromatic carbocycles. The molecule has 5 heteroatoms. The third-order valence-electron chi connectivity index (χ3n) is 3.01. The molecule has 0 radical (unpaired) electrons. The molecular weight excluding hydrogens is 192 g/mol. The summed E-state index contributed by atoms with van der Waals surface area (Å²) in [6.07, 6.45) is 7.54. The molecule has 0 unspecified atom stereocenters. The summed E-state index contributed by atoms with van der Waals surface area (Å²) in [6.45, 7) is 0. The second-order valence-electron chi connectivity index (χ2n) is 4.00. The average Bonchev–Trinajstić information content (AvgIpc) is 2.83. The van der Waals surface area contributed by atoms with Crippen molar-refractivity contribution in [2.24, 2.45) is 0 Å². The van der Waals surface area contributed by atoms with Crippen LogP contribution in [-0.2, 0) is 0 Å². The minimum atomic E-state index is -0.172. The minimum absolute atomic E-state index is 0.172. The van der Waals surface area contributed by atoms with Crippen LogP contribution in [0.4, 0.5) is 0 Å². The lowest BCUT2D eigenvalue weighted by Gasteiger charge is -2.11. The highest BCUT2D eigenvalue weighted by atomic mass is 16.3. The average molecular weight is 204 g/mol. The van der Waals surface area contributed by atoms with Crippen LogP contribution in [-0.4, -0.2) is 30.7 Å². The zero-order valence-electron chi connectivity index (χ0n) is 8.24. The molecule has 15 heavy (non-hydrogen) atoms. The third-order valence-corrected chi connectivity index (χ3v) is 3.01. The van der Waals surface area contributed by atoms with Gasteiger partial charge in [0.1, 0.15) is 11.8 Å². The van der Waals surface area contributed by atoms with Crippen molar-refractivity contribution in [1.29, 1.82) is 0 Å². The van der Waals surface area contributed by atoms with Crippen molar-refractivity contribution in [3.05, 3.63) is 18.9 Å². The molecule has 1 aliphatic carbocycles. The Hall–Kier alpha value is -1.49. The number of imidazole rings is 1. The molecular formula is C10H12N4O. The van der Waals surface area contributed by atoms with Gasteiger partial charge in [0.05, 0.1) is 18.6 Å². The standard InChI is InChI=1S/C10H12N4O/c15-8-2-1-7(3-8)14-6-13-9-4-11-5-12-10(9)14/h4-8,15H,1-3H2/t7-,8+/m0/s1. The largest absolute Gasteiger partial charge is 0.393 e. The maximum Gasteiger partial charge on any atom is 0.163 e. The molecule has 3 rings (SSSR count). The molecule has 2 aromatic heterocycles. The Kier molecular flexibility index (Phi) is 1.92. The van der Waals surface area contributed by atoms with E-state index in [1.54, 1.807) is 12.5 Å². The first-order valence-electron chi connectivity index (χ1n) is 5.15. The van der Waals surface area contributed by atoms with E-state index in [2.05, 4.69) is 15.0 Å². The molecule has 1 fully saturated rings. The Morgan fingerprint density at radius 2 is 2.27 bits per heavy atom. The van der Waals surface area contributed by atoms with Crippen molar-refractivity contribution in [3.63, 3.8) is 0 Å². The van der Waals surface area contributed by atoms with Crippen molar-refractivity contribution in [1.82, 2.24) is 19.5 Å². The summed E-state index contributed by atoms with van der Waals surface area (Å²) in [5, 5.41) is 9.50. The van der Waals surface area contributed by atoms with Crippen LogP contribution in [0.2, 0.25) is 0 Å². The van der Waals surface area contributed by atoms with E-state index in [9.17, 15) is 5.11 Å². The van der Waals surface area contributed by atoms with E-state index in [0.29, 0.717) is 6.04 Å². The van der Waals surface area contributed by atoms with Crippen molar-refractivity contribution in [3.8, 4) is 0 Å². The summed E-state index contributed by atoms with van der Waals surface area (Å²) in [6, 6.07) is 0.333. The smallest absolute Gasteiger partial charge is 0.163 e. The number of hydrogen-bond donors (Lipinski definition) is 1. The van der Waals surface area contributed by atoms with Crippen molar-refractivity contribution >= 4 is 11.2 Å². The number of hydrogen-bond acceptors (Lipinski definition) is 4. The first-order valence-corrected chi connectivity index (χ1v) is 5.15. The topological polar surface area (TPSA) is 63.8 Å². The predicted molar refractivity (Wildman–Crippen MR) is 54.2 cm³/mol. The van der Waals surface area contributed by atoms with E-state index in [1.165, 1.54) is 6.33 Å². The van der Waals surface area contributed by atoms with E-state index in [4.69, 9.17) is 0 Å². The van der Waals surface area contributed by atoms with Gasteiger partial charge in [-0.05, 0) is 19.3 Å². The lowest BCUT2D eigenvalue weighted by atomic mass is 10.2. The van der Waals surface area contributed by atoms with E-state index in [1.807, 2.05) is 4.57 Å². The number of nitrogens with zero attached hydrogens (tertiary/aromatic N) is 4. The van der Waals surface area contributed by atoms with Crippen molar-refractivity contribution in [2.45, 2.75) is 31.4 Å². The van der Waals surface area contributed by atoms with E-state index >= 15 is 0 Å². The molecule has 0 saturated heterocycles. The van der Waals surface area contributed by atoms with Crippen LogP contribution in [0, 0.1) is 0 Å². The summed E-state index contributed by atoms with van der Waals surface area (Å²) in [5.41, 5.74) is 1.68. The monoisotopic (exact) mass is 204 g/mol. The Labute approximate surface area is 86.8 Å². The van der Waals surface area contributed by atoms with Gasteiger partial charge in [-0.2, -0.15) is 0 Å². The van der Waals surface area contributed by atoms with Gasteiger partial charge in [0, 0.05) is 6.04 Å². The van der Waals surface area contributed by atoms with Gasteiger partial charge < -0.3 is 9.67 Å². The van der Waals surface area contributed by atoms with Crippen molar-refractivity contribution in [2.75, 3.05) is 0 Å². The lowest BCUT2D eigenvalue weighted by Crippen LogP contribution is -2.06. The third kappa shape index (κ3) is 1.39. The van der Waals surface area contributed by atoms with Gasteiger partial charge in [0.2, 0.25) is 0 Å². The maximum atomic E-state index is 9.50. The summed E-state index contributed by atoms with van der Waals surface area (Å²) < 4.78 is 2.05. The second kappa shape index (κ2) is 3.27. The molecule has 1 N–H and O–H groups in total. The van der Waals surface area contributed by atoms with Crippen LogP contribution in [0.5, 0.6) is 0 Å². The first-order chi connectivity index (χ1) is 7.34. The molecule has 1 aliphatic rings. The molecule has 0 spiro atoms. The normalized spacial score (nSPS) is 26.2. The summed E-state index contributed by atoms with van der Waals surface area (Å²) in [4.78, 5) is 12.4. The number of aromatic nitrogens is 4. The molecule has 2 aromatic rings. The molecule has 0 amide bonds.